The smallest absolute Gasteiger partial charge is 0.259 e. The maximum Gasteiger partial charge on any atom is 0.259 e. The molecule has 5 nitrogen and oxygen atoms in total. The summed E-state index contributed by atoms with van der Waals surface area (Å²) in [6, 6.07) is 1.59. The average molecular weight is 302 g/mol. The number of rotatable bonds is 2. The Morgan fingerprint density at radius 1 is 1.24 bits per heavy atom. The van der Waals surface area contributed by atoms with E-state index in [1.54, 1.807) is 22.9 Å². The van der Waals surface area contributed by atoms with Gasteiger partial charge in [-0.05, 0) is 13.3 Å². The van der Waals surface area contributed by atoms with Crippen LogP contribution in [-0.4, -0.2) is 19.4 Å². The Hall–Kier alpha value is -2.08. The number of hydrogen-bond acceptors (Lipinski definition) is 5. The van der Waals surface area contributed by atoms with Gasteiger partial charge >= 0.3 is 0 Å². The molecule has 3 rings (SSSR count). The molecule has 0 saturated heterocycles. The van der Waals surface area contributed by atoms with Gasteiger partial charge in [0.05, 0.1) is 5.69 Å². The van der Waals surface area contributed by atoms with Crippen LogP contribution in [-0.2, 0) is 6.42 Å². The van der Waals surface area contributed by atoms with Gasteiger partial charge in [-0.2, -0.15) is 0 Å². The summed E-state index contributed by atoms with van der Waals surface area (Å²) in [5, 5.41) is 0. The second-order valence-corrected chi connectivity index (χ2v) is 5.37. The summed E-state index contributed by atoms with van der Waals surface area (Å²) in [6.07, 6.45) is 5.65. The Balaban J connectivity index is 0.000000774. The summed E-state index contributed by atoms with van der Waals surface area (Å²) in [5.74, 6) is 0. The van der Waals surface area contributed by atoms with E-state index in [0.717, 1.165) is 33.2 Å². The van der Waals surface area contributed by atoms with Gasteiger partial charge in [-0.25, -0.2) is 15.0 Å². The van der Waals surface area contributed by atoms with Crippen molar-refractivity contribution in [1.29, 1.82) is 0 Å². The van der Waals surface area contributed by atoms with Crippen LogP contribution in [0.4, 0.5) is 0 Å². The molecule has 0 spiro atoms. The van der Waals surface area contributed by atoms with Crippen LogP contribution in [0.5, 0.6) is 0 Å². The van der Waals surface area contributed by atoms with Crippen LogP contribution in [0.3, 0.4) is 0 Å². The fraction of sp³-hybridized carbons (Fsp3) is 0.333. The van der Waals surface area contributed by atoms with Crippen LogP contribution < -0.4 is 5.56 Å². The molecule has 3 aromatic heterocycles. The van der Waals surface area contributed by atoms with Gasteiger partial charge in [0.25, 0.3) is 5.56 Å². The van der Waals surface area contributed by atoms with E-state index < -0.39 is 0 Å². The van der Waals surface area contributed by atoms with Gasteiger partial charge in [-0.1, -0.05) is 20.8 Å². The molecule has 3 aromatic rings. The standard InChI is InChI=1S/C13H12N4OS.C2H6/c1-3-10-4-11(18)17-12(8(2)19-13(17)16-10)9-5-14-7-15-6-9;1-2/h4-7H,3H2,1-2H3;1-2H3. The average Bonchev–Trinajstić information content (AvgIpc) is 2.86. The maximum atomic E-state index is 12.3. The van der Waals surface area contributed by atoms with Gasteiger partial charge in [0.1, 0.15) is 6.33 Å². The fourth-order valence-corrected chi connectivity index (χ4v) is 3.07. The quantitative estimate of drug-likeness (QED) is 0.730. The van der Waals surface area contributed by atoms with Gasteiger partial charge < -0.3 is 0 Å². The molecule has 110 valence electrons. The largest absolute Gasteiger partial charge is 0.269 e. The summed E-state index contributed by atoms with van der Waals surface area (Å²) in [6.45, 7) is 7.97. The summed E-state index contributed by atoms with van der Waals surface area (Å²) < 4.78 is 1.64. The molecule has 0 saturated carbocycles. The predicted octanol–water partition coefficient (Wildman–Crippen LogP) is 3.11. The Morgan fingerprint density at radius 3 is 2.52 bits per heavy atom. The van der Waals surface area contributed by atoms with Gasteiger partial charge in [0.15, 0.2) is 4.96 Å². The summed E-state index contributed by atoms with van der Waals surface area (Å²) in [5.41, 5.74) is 2.44. The summed E-state index contributed by atoms with van der Waals surface area (Å²) >= 11 is 1.51. The van der Waals surface area contributed by atoms with Gasteiger partial charge in [-0.3, -0.25) is 9.20 Å². The molecule has 0 radical (unpaired) electrons. The Kier molecular flexibility index (Phi) is 4.80. The van der Waals surface area contributed by atoms with Crippen LogP contribution >= 0.6 is 11.3 Å². The second-order valence-electron chi connectivity index (χ2n) is 4.19. The first kappa shape index (κ1) is 15.3. The van der Waals surface area contributed by atoms with Crippen molar-refractivity contribution >= 4 is 16.3 Å². The molecule has 21 heavy (non-hydrogen) atoms. The highest BCUT2D eigenvalue weighted by Gasteiger charge is 2.14. The third-order valence-electron chi connectivity index (χ3n) is 2.94. The van der Waals surface area contributed by atoms with Gasteiger partial charge in [0.2, 0.25) is 0 Å². The topological polar surface area (TPSA) is 60.2 Å². The van der Waals surface area contributed by atoms with Crippen LogP contribution in [0, 0.1) is 6.92 Å². The van der Waals surface area contributed by atoms with Crippen LogP contribution in [0.15, 0.2) is 29.6 Å². The molecule has 0 bridgehead atoms. The molecule has 0 aromatic carbocycles. The van der Waals surface area contributed by atoms with Crippen molar-refractivity contribution < 1.29 is 0 Å². The maximum absolute atomic E-state index is 12.3. The lowest BCUT2D eigenvalue weighted by Crippen LogP contribution is -2.15. The molecule has 0 aliphatic carbocycles. The first-order chi connectivity index (χ1) is 10.2. The molecule has 0 N–H and O–H groups in total. The molecule has 0 aliphatic rings. The van der Waals surface area contributed by atoms with Crippen molar-refractivity contribution in [1.82, 2.24) is 19.4 Å². The SMILES string of the molecule is CC.CCc1cc(=O)n2c(-c3cncnc3)c(C)sc2n1. The van der Waals surface area contributed by atoms with E-state index in [4.69, 9.17) is 0 Å². The number of aryl methyl sites for hydroxylation is 2. The van der Waals surface area contributed by atoms with E-state index >= 15 is 0 Å². The molecular formula is C15H18N4OS. The molecule has 0 fully saturated rings. The van der Waals surface area contributed by atoms with Gasteiger partial charge in [0, 0.05) is 34.6 Å². The minimum atomic E-state index is -0.0509. The van der Waals surface area contributed by atoms with E-state index in [-0.39, 0.29) is 5.56 Å². The van der Waals surface area contributed by atoms with E-state index in [0.29, 0.717) is 0 Å². The summed E-state index contributed by atoms with van der Waals surface area (Å²) in [4.78, 5) is 26.5. The lowest BCUT2D eigenvalue weighted by Gasteiger charge is -2.02. The third kappa shape index (κ3) is 2.85. The zero-order valence-corrected chi connectivity index (χ0v) is 13.4. The molecule has 6 heteroatoms. The minimum absolute atomic E-state index is 0.0509. The highest BCUT2D eigenvalue weighted by atomic mass is 32.1. The predicted molar refractivity (Wildman–Crippen MR) is 85.8 cm³/mol. The molecule has 0 atom stereocenters. The van der Waals surface area contributed by atoms with E-state index in [1.807, 2.05) is 27.7 Å². The molecular weight excluding hydrogens is 284 g/mol. The van der Waals surface area contributed by atoms with E-state index in [2.05, 4.69) is 15.0 Å². The van der Waals surface area contributed by atoms with E-state index in [9.17, 15) is 4.79 Å². The zero-order valence-electron chi connectivity index (χ0n) is 12.6. The van der Waals surface area contributed by atoms with E-state index in [1.165, 1.54) is 17.7 Å². The first-order valence-electron chi connectivity index (χ1n) is 6.98. The van der Waals surface area contributed by atoms with Crippen LogP contribution in [0.2, 0.25) is 0 Å². The van der Waals surface area contributed by atoms with Crippen molar-refractivity contribution in [2.24, 2.45) is 0 Å². The zero-order chi connectivity index (χ0) is 15.4. The Labute approximate surface area is 127 Å². The van der Waals surface area contributed by atoms with Crippen molar-refractivity contribution in [3.05, 3.63) is 45.7 Å². The Bertz CT molecular complexity index is 793. The highest BCUT2D eigenvalue weighted by Crippen LogP contribution is 2.28. The second kappa shape index (κ2) is 6.58. The monoisotopic (exact) mass is 302 g/mol. The number of nitrogens with zero attached hydrogens (tertiary/aromatic N) is 4. The fourth-order valence-electron chi connectivity index (χ4n) is 2.06. The molecule has 0 unspecified atom stereocenters. The molecule has 0 amide bonds. The summed E-state index contributed by atoms with van der Waals surface area (Å²) in [7, 11) is 0. The number of fused-ring (bicyclic) bond motifs is 1. The van der Waals surface area contributed by atoms with Crippen molar-refractivity contribution in [2.75, 3.05) is 0 Å². The number of hydrogen-bond donors (Lipinski definition) is 0. The van der Waals surface area contributed by atoms with Crippen molar-refractivity contribution in [3.63, 3.8) is 0 Å². The number of thiazole rings is 1. The highest BCUT2D eigenvalue weighted by molar-refractivity contribution is 7.17. The normalized spacial score (nSPS) is 10.3. The van der Waals surface area contributed by atoms with Crippen molar-refractivity contribution in [3.8, 4) is 11.3 Å². The van der Waals surface area contributed by atoms with Gasteiger partial charge in [-0.15, -0.1) is 11.3 Å². The minimum Gasteiger partial charge on any atom is -0.269 e. The van der Waals surface area contributed by atoms with Crippen molar-refractivity contribution in [2.45, 2.75) is 34.1 Å². The first-order valence-corrected chi connectivity index (χ1v) is 7.80. The number of aromatic nitrogens is 4. The molecule has 3 heterocycles. The lowest BCUT2D eigenvalue weighted by molar-refractivity contribution is 0.983. The third-order valence-corrected chi connectivity index (χ3v) is 3.89. The van der Waals surface area contributed by atoms with Crippen LogP contribution in [0.25, 0.3) is 16.2 Å². The Morgan fingerprint density at radius 2 is 1.90 bits per heavy atom. The molecule has 0 aliphatic heterocycles. The van der Waals surface area contributed by atoms with Crippen LogP contribution in [0.1, 0.15) is 31.3 Å². The lowest BCUT2D eigenvalue weighted by atomic mass is 10.2.